The molecule has 0 bridgehead atoms. The number of nitrogens with zero attached hydrogens (tertiary/aromatic N) is 1. The first-order chi connectivity index (χ1) is 7.71. The zero-order valence-electron chi connectivity index (χ0n) is 9.64. The number of aromatic hydroxyl groups is 1. The quantitative estimate of drug-likeness (QED) is 0.524. The molecule has 94 valence electrons. The maximum Gasteiger partial charge on any atom is 0.211 e. The van der Waals surface area contributed by atoms with Gasteiger partial charge in [0, 0.05) is 13.6 Å². The highest BCUT2D eigenvalue weighted by atomic mass is 32.2. The van der Waals surface area contributed by atoms with E-state index in [-0.39, 0.29) is 23.7 Å². The van der Waals surface area contributed by atoms with Crippen LogP contribution in [0.3, 0.4) is 0 Å². The fraction of sp³-hybridized carbons (Fsp3) is 0.300. The van der Waals surface area contributed by atoms with Gasteiger partial charge in [-0.2, -0.15) is 0 Å². The molecule has 0 atom stereocenters. The Kier molecular flexibility index (Phi) is 3.74. The van der Waals surface area contributed by atoms with Crippen LogP contribution in [0.4, 0.5) is 0 Å². The lowest BCUT2D eigenvalue weighted by molar-refractivity contribution is 0.460. The predicted molar refractivity (Wildman–Crippen MR) is 65.4 cm³/mol. The van der Waals surface area contributed by atoms with Crippen molar-refractivity contribution >= 4 is 15.9 Å². The summed E-state index contributed by atoms with van der Waals surface area (Å²) >= 11 is 0. The molecule has 7 heteroatoms. The van der Waals surface area contributed by atoms with Gasteiger partial charge in [0.15, 0.2) is 0 Å². The Morgan fingerprint density at radius 2 is 2.12 bits per heavy atom. The van der Waals surface area contributed by atoms with Gasteiger partial charge in [0.2, 0.25) is 10.0 Å². The fourth-order valence-corrected chi connectivity index (χ4v) is 1.66. The minimum atomic E-state index is -3.26. The van der Waals surface area contributed by atoms with Gasteiger partial charge in [0.05, 0.1) is 11.8 Å². The van der Waals surface area contributed by atoms with Gasteiger partial charge in [-0.25, -0.2) is 12.7 Å². The monoisotopic (exact) mass is 257 g/mol. The number of nitrogens with two attached hydrogens (primary N) is 1. The topological polar surface area (TPSA) is 107 Å². The van der Waals surface area contributed by atoms with E-state index in [9.17, 15) is 13.5 Å². The molecule has 0 aliphatic carbocycles. The summed E-state index contributed by atoms with van der Waals surface area (Å²) in [6, 6.07) is 4.51. The van der Waals surface area contributed by atoms with Crippen molar-refractivity contribution in [3.05, 3.63) is 29.3 Å². The molecule has 0 amide bonds. The van der Waals surface area contributed by atoms with Crippen molar-refractivity contribution in [2.75, 3.05) is 13.3 Å². The van der Waals surface area contributed by atoms with Gasteiger partial charge in [-0.15, -0.1) is 0 Å². The van der Waals surface area contributed by atoms with Gasteiger partial charge < -0.3 is 10.8 Å². The Morgan fingerprint density at radius 1 is 1.53 bits per heavy atom. The molecular formula is C10H15N3O3S. The van der Waals surface area contributed by atoms with Crippen LogP contribution >= 0.6 is 0 Å². The molecule has 0 unspecified atom stereocenters. The highest BCUT2D eigenvalue weighted by molar-refractivity contribution is 7.88. The van der Waals surface area contributed by atoms with Crippen molar-refractivity contribution in [1.29, 1.82) is 5.41 Å². The minimum Gasteiger partial charge on any atom is -0.507 e. The molecule has 0 spiro atoms. The Balaban J connectivity index is 2.96. The summed E-state index contributed by atoms with van der Waals surface area (Å²) in [5.41, 5.74) is 6.11. The van der Waals surface area contributed by atoms with Crippen LogP contribution in [0.1, 0.15) is 11.1 Å². The van der Waals surface area contributed by atoms with Gasteiger partial charge in [-0.1, -0.05) is 6.07 Å². The van der Waals surface area contributed by atoms with Crippen LogP contribution in [0, 0.1) is 5.41 Å². The van der Waals surface area contributed by atoms with Gasteiger partial charge in [0.1, 0.15) is 11.6 Å². The molecule has 0 radical (unpaired) electrons. The maximum absolute atomic E-state index is 11.2. The largest absolute Gasteiger partial charge is 0.507 e. The zero-order valence-corrected chi connectivity index (χ0v) is 10.5. The molecular weight excluding hydrogens is 242 g/mol. The maximum atomic E-state index is 11.2. The second kappa shape index (κ2) is 4.72. The second-order valence-corrected chi connectivity index (χ2v) is 5.87. The first kappa shape index (κ1) is 13.5. The molecule has 17 heavy (non-hydrogen) atoms. The molecule has 0 aromatic heterocycles. The standard InChI is InChI=1S/C10H15N3O3S/c1-13(17(2,15)16)6-7-3-4-8(10(11)12)9(14)5-7/h3-5,14H,6H2,1-2H3,(H3,11,12). The number of benzene rings is 1. The Labute approximate surface area is 100 Å². The summed E-state index contributed by atoms with van der Waals surface area (Å²) in [4.78, 5) is 0. The summed E-state index contributed by atoms with van der Waals surface area (Å²) in [6.07, 6.45) is 1.11. The van der Waals surface area contributed by atoms with E-state index in [4.69, 9.17) is 11.1 Å². The molecule has 0 saturated heterocycles. The van der Waals surface area contributed by atoms with Crippen molar-refractivity contribution in [2.24, 2.45) is 5.73 Å². The average molecular weight is 257 g/mol. The molecule has 1 aromatic carbocycles. The lowest BCUT2D eigenvalue weighted by atomic mass is 10.1. The third-order valence-electron chi connectivity index (χ3n) is 2.32. The van der Waals surface area contributed by atoms with Crippen molar-refractivity contribution in [2.45, 2.75) is 6.54 Å². The van der Waals surface area contributed by atoms with Gasteiger partial charge in [-0.05, 0) is 17.7 Å². The zero-order chi connectivity index (χ0) is 13.2. The first-order valence-corrected chi connectivity index (χ1v) is 6.64. The number of hydrogen-bond donors (Lipinski definition) is 3. The van der Waals surface area contributed by atoms with Gasteiger partial charge >= 0.3 is 0 Å². The average Bonchev–Trinajstić information content (AvgIpc) is 2.15. The highest BCUT2D eigenvalue weighted by Crippen LogP contribution is 2.19. The van der Waals surface area contributed by atoms with Crippen LogP contribution in [0.5, 0.6) is 5.75 Å². The van der Waals surface area contributed by atoms with E-state index in [1.807, 2.05) is 0 Å². The Morgan fingerprint density at radius 3 is 2.53 bits per heavy atom. The fourth-order valence-electron chi connectivity index (χ4n) is 1.28. The predicted octanol–water partition coefficient (Wildman–Crippen LogP) is 0.0677. The van der Waals surface area contributed by atoms with Gasteiger partial charge in [0.25, 0.3) is 0 Å². The van der Waals surface area contributed by atoms with E-state index in [2.05, 4.69) is 0 Å². The number of nitrogen functional groups attached to an aromatic ring is 1. The highest BCUT2D eigenvalue weighted by Gasteiger charge is 2.12. The van der Waals surface area contributed by atoms with Crippen LogP contribution in [-0.4, -0.2) is 37.0 Å². The second-order valence-electron chi connectivity index (χ2n) is 3.78. The Bertz CT molecular complexity index is 540. The lowest BCUT2D eigenvalue weighted by Gasteiger charge is -2.14. The van der Waals surface area contributed by atoms with E-state index in [0.29, 0.717) is 5.56 Å². The molecule has 4 N–H and O–H groups in total. The molecule has 1 rings (SSSR count). The SMILES string of the molecule is CN(Cc1ccc(C(=N)N)c(O)c1)S(C)(=O)=O. The number of phenolic OH excluding ortho intramolecular Hbond substituents is 1. The molecule has 1 aromatic rings. The Hall–Kier alpha value is -1.60. The van der Waals surface area contributed by atoms with Crippen molar-refractivity contribution < 1.29 is 13.5 Å². The molecule has 0 aliphatic rings. The van der Waals surface area contributed by atoms with E-state index < -0.39 is 10.0 Å². The van der Waals surface area contributed by atoms with E-state index in [1.165, 1.54) is 19.2 Å². The summed E-state index contributed by atoms with van der Waals surface area (Å²) < 4.78 is 23.6. The van der Waals surface area contributed by atoms with Crippen LogP contribution in [-0.2, 0) is 16.6 Å². The van der Waals surface area contributed by atoms with Crippen LogP contribution in [0.2, 0.25) is 0 Å². The third-order valence-corrected chi connectivity index (χ3v) is 3.59. The summed E-state index contributed by atoms with van der Waals surface area (Å²) in [5, 5.41) is 16.8. The number of nitrogens with one attached hydrogen (secondary N) is 1. The van der Waals surface area contributed by atoms with Crippen molar-refractivity contribution in [3.63, 3.8) is 0 Å². The van der Waals surface area contributed by atoms with Crippen LogP contribution in [0.15, 0.2) is 18.2 Å². The van der Waals surface area contributed by atoms with E-state index in [1.54, 1.807) is 6.07 Å². The smallest absolute Gasteiger partial charge is 0.211 e. The van der Waals surface area contributed by atoms with Crippen molar-refractivity contribution in [1.82, 2.24) is 4.31 Å². The number of hydrogen-bond acceptors (Lipinski definition) is 4. The molecule has 6 nitrogen and oxygen atoms in total. The van der Waals surface area contributed by atoms with Gasteiger partial charge in [-0.3, -0.25) is 5.41 Å². The minimum absolute atomic E-state index is 0.128. The number of rotatable bonds is 4. The number of amidine groups is 1. The van der Waals surface area contributed by atoms with E-state index in [0.717, 1.165) is 10.6 Å². The summed E-state index contributed by atoms with van der Waals surface area (Å²) in [7, 11) is -1.81. The van der Waals surface area contributed by atoms with E-state index >= 15 is 0 Å². The molecule has 0 fully saturated rings. The lowest BCUT2D eigenvalue weighted by Crippen LogP contribution is -2.24. The van der Waals surface area contributed by atoms with Crippen LogP contribution < -0.4 is 5.73 Å². The molecule has 0 heterocycles. The summed E-state index contributed by atoms with van der Waals surface area (Å²) in [6.45, 7) is 0.157. The molecule has 0 aliphatic heterocycles. The van der Waals surface area contributed by atoms with Crippen molar-refractivity contribution in [3.8, 4) is 5.75 Å². The summed E-state index contributed by atoms with van der Waals surface area (Å²) in [5.74, 6) is -0.359. The normalized spacial score (nSPS) is 11.7. The van der Waals surface area contributed by atoms with Crippen LogP contribution in [0.25, 0.3) is 0 Å². The third kappa shape index (κ3) is 3.43. The first-order valence-electron chi connectivity index (χ1n) is 4.79. The number of phenols is 1. The number of sulfonamides is 1. The molecule has 0 saturated carbocycles.